The van der Waals surface area contributed by atoms with Crippen LogP contribution in [0.1, 0.15) is 16.2 Å². The second-order valence-electron chi connectivity index (χ2n) is 4.74. The summed E-state index contributed by atoms with van der Waals surface area (Å²) in [4.78, 5) is 12.0. The molecule has 1 heterocycles. The monoisotopic (exact) mass is 297 g/mol. The number of hydrogen-bond acceptors (Lipinski definition) is 4. The molecule has 0 atom stereocenters. The number of anilines is 1. The zero-order valence-electron chi connectivity index (χ0n) is 11.7. The van der Waals surface area contributed by atoms with Crippen molar-refractivity contribution >= 4 is 11.6 Å². The molecule has 3 rings (SSSR count). The molecular formula is C16H12FN3O2. The minimum Gasteiger partial charge on any atom is -0.412 e. The van der Waals surface area contributed by atoms with Gasteiger partial charge < -0.3 is 9.73 Å². The van der Waals surface area contributed by atoms with E-state index in [4.69, 9.17) is 4.42 Å². The van der Waals surface area contributed by atoms with Crippen LogP contribution in [0.3, 0.4) is 0 Å². The molecule has 0 bridgehead atoms. The molecule has 0 radical (unpaired) electrons. The number of benzene rings is 2. The van der Waals surface area contributed by atoms with Crippen LogP contribution >= 0.6 is 0 Å². The largest absolute Gasteiger partial charge is 0.412 e. The molecule has 0 unspecified atom stereocenters. The zero-order chi connectivity index (χ0) is 15.5. The van der Waals surface area contributed by atoms with Crippen LogP contribution in [-0.4, -0.2) is 16.1 Å². The van der Waals surface area contributed by atoms with Gasteiger partial charge in [0.2, 0.25) is 5.89 Å². The third-order valence-electron chi connectivity index (χ3n) is 3.00. The lowest BCUT2D eigenvalue weighted by atomic mass is 10.1. The maximum Gasteiger partial charge on any atom is 0.313 e. The first-order chi connectivity index (χ1) is 10.6. The maximum absolute atomic E-state index is 13.1. The Bertz CT molecular complexity index is 812. The summed E-state index contributed by atoms with van der Waals surface area (Å²) in [6.45, 7) is 1.97. The summed E-state index contributed by atoms with van der Waals surface area (Å²) in [6.07, 6.45) is 0. The van der Waals surface area contributed by atoms with Crippen molar-refractivity contribution in [1.29, 1.82) is 0 Å². The highest BCUT2D eigenvalue weighted by atomic mass is 19.1. The average molecular weight is 297 g/mol. The van der Waals surface area contributed by atoms with Gasteiger partial charge in [0.15, 0.2) is 0 Å². The Morgan fingerprint density at radius 1 is 1.14 bits per heavy atom. The Labute approximate surface area is 125 Å². The number of carbonyl (C=O) groups is 1. The number of aryl methyl sites for hydroxylation is 1. The molecule has 0 aliphatic heterocycles. The summed E-state index contributed by atoms with van der Waals surface area (Å²) in [5, 5.41) is 10.1. The van der Waals surface area contributed by atoms with Gasteiger partial charge in [-0.1, -0.05) is 23.8 Å². The van der Waals surface area contributed by atoms with Crippen LogP contribution in [0.5, 0.6) is 0 Å². The lowest BCUT2D eigenvalue weighted by molar-refractivity contribution is 0.0991. The number of nitrogens with one attached hydrogen (secondary N) is 1. The number of nitrogens with zero attached hydrogens (tertiary/aromatic N) is 2. The molecule has 5 nitrogen and oxygen atoms in total. The van der Waals surface area contributed by atoms with Crippen LogP contribution in [0.15, 0.2) is 52.9 Å². The second-order valence-corrected chi connectivity index (χ2v) is 4.74. The first-order valence-electron chi connectivity index (χ1n) is 6.59. The second kappa shape index (κ2) is 5.77. The van der Waals surface area contributed by atoms with Gasteiger partial charge in [-0.25, -0.2) is 4.39 Å². The van der Waals surface area contributed by atoms with Crippen molar-refractivity contribution in [2.75, 3.05) is 5.32 Å². The van der Waals surface area contributed by atoms with Crippen molar-refractivity contribution in [1.82, 2.24) is 10.2 Å². The molecule has 0 spiro atoms. The quantitative estimate of drug-likeness (QED) is 0.804. The van der Waals surface area contributed by atoms with E-state index in [9.17, 15) is 9.18 Å². The number of rotatable bonds is 3. The molecular weight excluding hydrogens is 285 g/mol. The van der Waals surface area contributed by atoms with E-state index >= 15 is 0 Å². The summed E-state index contributed by atoms with van der Waals surface area (Å²) in [5.74, 6) is -0.954. The minimum atomic E-state index is -0.587. The Kier molecular flexibility index (Phi) is 3.65. The predicted molar refractivity (Wildman–Crippen MR) is 78.8 cm³/mol. The van der Waals surface area contributed by atoms with Crippen molar-refractivity contribution in [3.05, 3.63) is 65.8 Å². The molecule has 6 heteroatoms. The first kappa shape index (κ1) is 13.9. The summed E-state index contributed by atoms with van der Waals surface area (Å²) in [7, 11) is 0. The molecule has 0 aliphatic rings. The number of aromatic nitrogens is 2. The van der Waals surface area contributed by atoms with Crippen molar-refractivity contribution < 1.29 is 13.6 Å². The Morgan fingerprint density at radius 3 is 2.64 bits per heavy atom. The molecule has 0 aliphatic carbocycles. The standard InChI is InChI=1S/C16H12FN3O2/c1-10-5-7-11(8-6-10)15-19-20-16(22-15)14(21)18-13-4-2-3-12(17)9-13/h2-9H,1H3,(H,18,21). The fourth-order valence-corrected chi connectivity index (χ4v) is 1.88. The Hall–Kier alpha value is -3.02. The summed E-state index contributed by atoms with van der Waals surface area (Å²) in [5.41, 5.74) is 2.15. The van der Waals surface area contributed by atoms with E-state index in [2.05, 4.69) is 15.5 Å². The van der Waals surface area contributed by atoms with E-state index in [0.29, 0.717) is 5.69 Å². The molecule has 1 amide bonds. The lowest BCUT2D eigenvalue weighted by Crippen LogP contribution is -2.12. The molecule has 3 aromatic rings. The lowest BCUT2D eigenvalue weighted by Gasteiger charge is -2.01. The first-order valence-corrected chi connectivity index (χ1v) is 6.59. The number of halogens is 1. The minimum absolute atomic E-state index is 0.181. The van der Waals surface area contributed by atoms with Gasteiger partial charge >= 0.3 is 11.8 Å². The highest BCUT2D eigenvalue weighted by Crippen LogP contribution is 2.19. The summed E-state index contributed by atoms with van der Waals surface area (Å²) >= 11 is 0. The molecule has 22 heavy (non-hydrogen) atoms. The summed E-state index contributed by atoms with van der Waals surface area (Å²) in [6, 6.07) is 13.0. The van der Waals surface area contributed by atoms with E-state index < -0.39 is 11.7 Å². The van der Waals surface area contributed by atoms with Crippen LogP contribution in [0.4, 0.5) is 10.1 Å². The fourth-order valence-electron chi connectivity index (χ4n) is 1.88. The van der Waals surface area contributed by atoms with Gasteiger partial charge in [-0.15, -0.1) is 10.2 Å². The SMILES string of the molecule is Cc1ccc(-c2nnc(C(=O)Nc3cccc(F)c3)o2)cc1. The highest BCUT2D eigenvalue weighted by molar-refractivity contribution is 6.00. The van der Waals surface area contributed by atoms with E-state index in [1.165, 1.54) is 18.2 Å². The normalized spacial score (nSPS) is 10.5. The molecule has 0 saturated heterocycles. The number of carbonyl (C=O) groups excluding carboxylic acids is 1. The molecule has 1 aromatic heterocycles. The van der Waals surface area contributed by atoms with Gasteiger partial charge in [-0.05, 0) is 37.3 Å². The van der Waals surface area contributed by atoms with Crippen molar-refractivity contribution in [2.24, 2.45) is 0 Å². The molecule has 0 saturated carbocycles. The van der Waals surface area contributed by atoms with Crippen LogP contribution in [0.25, 0.3) is 11.5 Å². The van der Waals surface area contributed by atoms with Gasteiger partial charge in [0.25, 0.3) is 0 Å². The van der Waals surface area contributed by atoms with E-state index in [1.807, 2.05) is 31.2 Å². The number of hydrogen-bond donors (Lipinski definition) is 1. The van der Waals surface area contributed by atoms with E-state index in [0.717, 1.165) is 11.1 Å². The molecule has 2 aromatic carbocycles. The van der Waals surface area contributed by atoms with Crippen LogP contribution in [0.2, 0.25) is 0 Å². The van der Waals surface area contributed by atoms with Gasteiger partial charge in [-0.2, -0.15) is 0 Å². The van der Waals surface area contributed by atoms with Gasteiger partial charge in [0, 0.05) is 11.3 Å². The van der Waals surface area contributed by atoms with Crippen LogP contribution < -0.4 is 5.32 Å². The Balaban J connectivity index is 1.78. The fraction of sp³-hybridized carbons (Fsp3) is 0.0625. The van der Waals surface area contributed by atoms with Gasteiger partial charge in [0.1, 0.15) is 5.82 Å². The van der Waals surface area contributed by atoms with Crippen molar-refractivity contribution in [2.45, 2.75) is 6.92 Å². The number of amides is 1. The molecule has 1 N–H and O–H groups in total. The van der Waals surface area contributed by atoms with E-state index in [-0.39, 0.29) is 11.8 Å². The Morgan fingerprint density at radius 2 is 1.91 bits per heavy atom. The van der Waals surface area contributed by atoms with Crippen LogP contribution in [0, 0.1) is 12.7 Å². The van der Waals surface area contributed by atoms with Gasteiger partial charge in [0.05, 0.1) is 0 Å². The smallest absolute Gasteiger partial charge is 0.313 e. The predicted octanol–water partition coefficient (Wildman–Crippen LogP) is 3.44. The average Bonchev–Trinajstić information content (AvgIpc) is 2.98. The highest BCUT2D eigenvalue weighted by Gasteiger charge is 2.16. The third-order valence-corrected chi connectivity index (χ3v) is 3.00. The topological polar surface area (TPSA) is 68.0 Å². The third kappa shape index (κ3) is 3.01. The molecule has 0 fully saturated rings. The van der Waals surface area contributed by atoms with Gasteiger partial charge in [-0.3, -0.25) is 4.79 Å². The van der Waals surface area contributed by atoms with Crippen LogP contribution in [-0.2, 0) is 0 Å². The van der Waals surface area contributed by atoms with Crippen molar-refractivity contribution in [3.8, 4) is 11.5 Å². The maximum atomic E-state index is 13.1. The molecule has 110 valence electrons. The summed E-state index contributed by atoms with van der Waals surface area (Å²) < 4.78 is 18.4. The van der Waals surface area contributed by atoms with Crippen molar-refractivity contribution in [3.63, 3.8) is 0 Å². The zero-order valence-corrected chi connectivity index (χ0v) is 11.7. The van der Waals surface area contributed by atoms with E-state index in [1.54, 1.807) is 6.07 Å².